The Bertz CT molecular complexity index is 577. The van der Waals surface area contributed by atoms with Crippen LogP contribution in [0.4, 0.5) is 9.52 Å². The van der Waals surface area contributed by atoms with E-state index >= 15 is 0 Å². The second kappa shape index (κ2) is 5.50. The van der Waals surface area contributed by atoms with Crippen LogP contribution < -0.4 is 5.32 Å². The van der Waals surface area contributed by atoms with Gasteiger partial charge in [0.2, 0.25) is 11.0 Å². The van der Waals surface area contributed by atoms with Crippen LogP contribution in [0.25, 0.3) is 6.08 Å². The van der Waals surface area contributed by atoms with Crippen molar-refractivity contribution < 1.29 is 9.18 Å². The lowest BCUT2D eigenvalue weighted by molar-refractivity contribution is -0.111. The normalized spacial score (nSPS) is 10.8. The molecule has 0 unspecified atom stereocenters. The molecule has 92 valence electrons. The van der Waals surface area contributed by atoms with E-state index < -0.39 is 0 Å². The SMILES string of the molecule is Cc1nnc(NC(=O)C=Cc2ccc(F)cc2)s1. The number of hydrogen-bond acceptors (Lipinski definition) is 4. The van der Waals surface area contributed by atoms with Crippen molar-refractivity contribution in [1.82, 2.24) is 10.2 Å². The Kier molecular flexibility index (Phi) is 3.78. The average Bonchev–Trinajstić information content (AvgIpc) is 2.74. The summed E-state index contributed by atoms with van der Waals surface area (Å²) in [7, 11) is 0. The summed E-state index contributed by atoms with van der Waals surface area (Å²) in [6.07, 6.45) is 2.96. The van der Waals surface area contributed by atoms with E-state index in [-0.39, 0.29) is 11.7 Å². The van der Waals surface area contributed by atoms with Crippen LogP contribution in [0.3, 0.4) is 0 Å². The molecule has 0 saturated heterocycles. The molecule has 0 bridgehead atoms. The van der Waals surface area contributed by atoms with Crippen LogP contribution in [-0.4, -0.2) is 16.1 Å². The first-order valence-corrected chi connectivity index (χ1v) is 6.00. The van der Waals surface area contributed by atoms with E-state index in [2.05, 4.69) is 15.5 Å². The predicted octanol–water partition coefficient (Wildman–Crippen LogP) is 2.64. The molecule has 18 heavy (non-hydrogen) atoms. The van der Waals surface area contributed by atoms with Crippen molar-refractivity contribution in [2.24, 2.45) is 0 Å². The van der Waals surface area contributed by atoms with Gasteiger partial charge in [-0.15, -0.1) is 10.2 Å². The number of rotatable bonds is 3. The number of amides is 1. The highest BCUT2D eigenvalue weighted by Crippen LogP contribution is 2.13. The van der Waals surface area contributed by atoms with Gasteiger partial charge in [0.05, 0.1) is 0 Å². The Balaban J connectivity index is 1.96. The standard InChI is InChI=1S/C12H10FN3OS/c1-8-15-16-12(18-8)14-11(17)7-4-9-2-5-10(13)6-3-9/h2-7H,1H3,(H,14,16,17). The molecule has 4 nitrogen and oxygen atoms in total. The van der Waals surface area contributed by atoms with E-state index in [1.807, 2.05) is 6.92 Å². The highest BCUT2D eigenvalue weighted by Gasteiger charge is 2.02. The third-order valence-corrected chi connectivity index (χ3v) is 2.81. The van der Waals surface area contributed by atoms with Crippen molar-refractivity contribution in [1.29, 1.82) is 0 Å². The van der Waals surface area contributed by atoms with E-state index in [4.69, 9.17) is 0 Å². The van der Waals surface area contributed by atoms with Crippen molar-refractivity contribution in [3.63, 3.8) is 0 Å². The van der Waals surface area contributed by atoms with Crippen molar-refractivity contribution in [3.05, 3.63) is 46.7 Å². The molecule has 1 heterocycles. The fraction of sp³-hybridized carbons (Fsp3) is 0.0833. The van der Waals surface area contributed by atoms with E-state index in [9.17, 15) is 9.18 Å². The monoisotopic (exact) mass is 263 g/mol. The molecule has 0 aliphatic rings. The number of aromatic nitrogens is 2. The van der Waals surface area contributed by atoms with Crippen LogP contribution in [0.1, 0.15) is 10.6 Å². The van der Waals surface area contributed by atoms with Crippen LogP contribution in [0.5, 0.6) is 0 Å². The summed E-state index contributed by atoms with van der Waals surface area (Å²) < 4.78 is 12.7. The highest BCUT2D eigenvalue weighted by atomic mass is 32.1. The third-order valence-electron chi connectivity index (χ3n) is 2.05. The summed E-state index contributed by atoms with van der Waals surface area (Å²) in [6, 6.07) is 5.86. The fourth-order valence-corrected chi connectivity index (χ4v) is 1.83. The number of benzene rings is 1. The number of halogens is 1. The van der Waals surface area contributed by atoms with Gasteiger partial charge in [-0.1, -0.05) is 23.5 Å². The number of carbonyl (C=O) groups is 1. The Morgan fingerprint density at radius 3 is 2.67 bits per heavy atom. The summed E-state index contributed by atoms with van der Waals surface area (Å²) in [6.45, 7) is 1.81. The molecule has 1 aromatic heterocycles. The lowest BCUT2D eigenvalue weighted by Gasteiger charge is -1.95. The van der Waals surface area contributed by atoms with Gasteiger partial charge in [-0.25, -0.2) is 4.39 Å². The molecule has 0 aliphatic carbocycles. The topological polar surface area (TPSA) is 54.9 Å². The van der Waals surface area contributed by atoms with Crippen LogP contribution >= 0.6 is 11.3 Å². The summed E-state index contributed by atoms with van der Waals surface area (Å²) in [4.78, 5) is 11.5. The Labute approximate surface area is 107 Å². The summed E-state index contributed by atoms with van der Waals surface area (Å²) >= 11 is 1.30. The first-order valence-electron chi connectivity index (χ1n) is 5.18. The first-order chi connectivity index (χ1) is 8.63. The zero-order valence-electron chi connectivity index (χ0n) is 9.55. The number of nitrogens with zero attached hydrogens (tertiary/aromatic N) is 2. The van der Waals surface area contributed by atoms with Gasteiger partial charge in [-0.3, -0.25) is 10.1 Å². The Morgan fingerprint density at radius 1 is 1.33 bits per heavy atom. The predicted molar refractivity (Wildman–Crippen MR) is 68.7 cm³/mol. The molecule has 0 atom stereocenters. The highest BCUT2D eigenvalue weighted by molar-refractivity contribution is 7.15. The Hall–Kier alpha value is -2.08. The molecule has 2 rings (SSSR count). The Morgan fingerprint density at radius 2 is 2.06 bits per heavy atom. The molecule has 0 fully saturated rings. The summed E-state index contributed by atoms with van der Waals surface area (Å²) in [5.74, 6) is -0.601. The number of anilines is 1. The van der Waals surface area contributed by atoms with Gasteiger partial charge >= 0.3 is 0 Å². The number of carbonyl (C=O) groups excluding carboxylic acids is 1. The maximum absolute atomic E-state index is 12.7. The molecular formula is C12H10FN3OS. The lowest BCUT2D eigenvalue weighted by atomic mass is 10.2. The molecule has 0 saturated carbocycles. The number of hydrogen-bond donors (Lipinski definition) is 1. The molecule has 0 spiro atoms. The van der Waals surface area contributed by atoms with E-state index in [0.29, 0.717) is 5.13 Å². The van der Waals surface area contributed by atoms with Crippen molar-refractivity contribution in [2.75, 3.05) is 5.32 Å². The van der Waals surface area contributed by atoms with Crippen molar-refractivity contribution in [2.45, 2.75) is 6.92 Å². The van der Waals surface area contributed by atoms with Gasteiger partial charge in [0.1, 0.15) is 10.8 Å². The van der Waals surface area contributed by atoms with E-state index in [1.54, 1.807) is 18.2 Å². The minimum atomic E-state index is -0.305. The van der Waals surface area contributed by atoms with Gasteiger partial charge in [-0.05, 0) is 30.7 Å². The fourth-order valence-electron chi connectivity index (χ4n) is 1.24. The first kappa shape index (κ1) is 12.4. The summed E-state index contributed by atoms with van der Waals surface area (Å²) in [5.41, 5.74) is 0.750. The summed E-state index contributed by atoms with van der Waals surface area (Å²) in [5, 5.41) is 11.4. The smallest absolute Gasteiger partial charge is 0.250 e. The molecule has 2 aromatic rings. The molecule has 1 amide bonds. The van der Waals surface area contributed by atoms with Crippen LogP contribution in [0, 0.1) is 12.7 Å². The van der Waals surface area contributed by atoms with E-state index in [0.717, 1.165) is 10.6 Å². The van der Waals surface area contributed by atoms with Gasteiger partial charge in [0, 0.05) is 6.08 Å². The second-order valence-corrected chi connectivity index (χ2v) is 4.68. The maximum atomic E-state index is 12.7. The number of aryl methyl sites for hydroxylation is 1. The molecular weight excluding hydrogens is 253 g/mol. The number of nitrogens with one attached hydrogen (secondary N) is 1. The van der Waals surface area contributed by atoms with Gasteiger partial charge in [0.25, 0.3) is 0 Å². The third kappa shape index (κ3) is 3.46. The van der Waals surface area contributed by atoms with Gasteiger partial charge < -0.3 is 0 Å². The largest absolute Gasteiger partial charge is 0.297 e. The van der Waals surface area contributed by atoms with Crippen LogP contribution in [0.2, 0.25) is 0 Å². The zero-order valence-corrected chi connectivity index (χ0v) is 10.4. The van der Waals surface area contributed by atoms with Crippen LogP contribution in [0.15, 0.2) is 30.3 Å². The van der Waals surface area contributed by atoms with E-state index in [1.165, 1.54) is 29.5 Å². The minimum absolute atomic E-state index is 0.296. The minimum Gasteiger partial charge on any atom is -0.297 e. The van der Waals surface area contributed by atoms with Crippen LogP contribution in [-0.2, 0) is 4.79 Å². The van der Waals surface area contributed by atoms with Gasteiger partial charge in [-0.2, -0.15) is 0 Å². The molecule has 1 N–H and O–H groups in total. The quantitative estimate of drug-likeness (QED) is 0.866. The lowest BCUT2D eigenvalue weighted by Crippen LogP contribution is -2.07. The maximum Gasteiger partial charge on any atom is 0.250 e. The molecule has 6 heteroatoms. The molecule has 1 aromatic carbocycles. The zero-order chi connectivity index (χ0) is 13.0. The van der Waals surface area contributed by atoms with Crippen molar-refractivity contribution in [3.8, 4) is 0 Å². The molecule has 0 aliphatic heterocycles. The van der Waals surface area contributed by atoms with Crippen molar-refractivity contribution >= 4 is 28.5 Å². The molecule has 0 radical (unpaired) electrons. The second-order valence-electron chi connectivity index (χ2n) is 3.50. The van der Waals surface area contributed by atoms with Gasteiger partial charge in [0.15, 0.2) is 0 Å². The average molecular weight is 263 g/mol.